The molecule has 3 rings (SSSR count). The van der Waals surface area contributed by atoms with Crippen molar-refractivity contribution in [1.29, 1.82) is 0 Å². The standard InChI is InChI=1S/C26H24O5/c1-29-22-13-8-19(9-14-22)10-15-23(27)21-11-6-18(7-12-21)4-5-20-16-24(30-2)26(28)25(17-20)31-3/h4-17,28H,1-3H3/b5-4+,15-10+. The number of methoxy groups -OCH3 is 3. The van der Waals surface area contributed by atoms with Crippen LogP contribution in [0.1, 0.15) is 27.0 Å². The Morgan fingerprint density at radius 2 is 1.23 bits per heavy atom. The molecular formula is C26H24O5. The number of carbonyl (C=O) groups is 1. The number of phenols is 1. The molecule has 0 aliphatic carbocycles. The highest BCUT2D eigenvalue weighted by Gasteiger charge is 2.09. The number of aromatic hydroxyl groups is 1. The third-order valence-electron chi connectivity index (χ3n) is 4.71. The van der Waals surface area contributed by atoms with Crippen LogP contribution in [0.2, 0.25) is 0 Å². The van der Waals surface area contributed by atoms with Crippen molar-refractivity contribution < 1.29 is 24.1 Å². The van der Waals surface area contributed by atoms with Gasteiger partial charge in [-0.2, -0.15) is 0 Å². The van der Waals surface area contributed by atoms with Crippen LogP contribution in [-0.4, -0.2) is 32.2 Å². The van der Waals surface area contributed by atoms with E-state index < -0.39 is 0 Å². The predicted molar refractivity (Wildman–Crippen MR) is 123 cm³/mol. The van der Waals surface area contributed by atoms with E-state index in [4.69, 9.17) is 14.2 Å². The molecule has 0 bridgehead atoms. The van der Waals surface area contributed by atoms with E-state index in [1.54, 1.807) is 43.5 Å². The molecule has 0 atom stereocenters. The van der Waals surface area contributed by atoms with Gasteiger partial charge in [0.25, 0.3) is 0 Å². The van der Waals surface area contributed by atoms with Crippen LogP contribution < -0.4 is 14.2 Å². The van der Waals surface area contributed by atoms with Gasteiger partial charge in [-0.15, -0.1) is 0 Å². The smallest absolute Gasteiger partial charge is 0.200 e. The van der Waals surface area contributed by atoms with Gasteiger partial charge in [0.2, 0.25) is 5.75 Å². The lowest BCUT2D eigenvalue weighted by Gasteiger charge is -2.09. The Morgan fingerprint density at radius 3 is 1.77 bits per heavy atom. The number of phenolic OH excluding ortho intramolecular Hbond substituents is 1. The molecule has 0 unspecified atom stereocenters. The fraction of sp³-hybridized carbons (Fsp3) is 0.115. The van der Waals surface area contributed by atoms with Crippen molar-refractivity contribution in [2.24, 2.45) is 0 Å². The minimum absolute atomic E-state index is 0.0345. The zero-order chi connectivity index (χ0) is 22.2. The van der Waals surface area contributed by atoms with Crippen LogP contribution in [0.3, 0.4) is 0 Å². The van der Waals surface area contributed by atoms with Crippen molar-refractivity contribution in [1.82, 2.24) is 0 Å². The molecule has 0 spiro atoms. The highest BCUT2D eigenvalue weighted by molar-refractivity contribution is 6.06. The molecule has 0 aromatic heterocycles. The monoisotopic (exact) mass is 416 g/mol. The lowest BCUT2D eigenvalue weighted by atomic mass is 10.1. The minimum atomic E-state index is -0.0700. The molecule has 5 heteroatoms. The van der Waals surface area contributed by atoms with Crippen molar-refractivity contribution >= 4 is 24.0 Å². The van der Waals surface area contributed by atoms with Crippen molar-refractivity contribution in [2.45, 2.75) is 0 Å². The SMILES string of the molecule is COc1ccc(/C=C/C(=O)c2ccc(/C=C/c3cc(OC)c(O)c(OC)c3)cc2)cc1. The molecule has 0 saturated carbocycles. The summed E-state index contributed by atoms with van der Waals surface area (Å²) in [5, 5.41) is 10.0. The summed E-state index contributed by atoms with van der Waals surface area (Å²) in [4.78, 5) is 12.4. The summed E-state index contributed by atoms with van der Waals surface area (Å²) < 4.78 is 15.5. The second-order valence-corrected chi connectivity index (χ2v) is 6.70. The van der Waals surface area contributed by atoms with Gasteiger partial charge in [0.15, 0.2) is 17.3 Å². The van der Waals surface area contributed by atoms with E-state index in [9.17, 15) is 9.90 Å². The molecule has 0 amide bonds. The van der Waals surface area contributed by atoms with Gasteiger partial charge in [0, 0.05) is 5.56 Å². The molecule has 0 heterocycles. The molecule has 31 heavy (non-hydrogen) atoms. The molecule has 5 nitrogen and oxygen atoms in total. The normalized spacial score (nSPS) is 11.1. The van der Waals surface area contributed by atoms with E-state index in [1.165, 1.54) is 14.2 Å². The van der Waals surface area contributed by atoms with Crippen LogP contribution in [0.4, 0.5) is 0 Å². The van der Waals surface area contributed by atoms with Gasteiger partial charge >= 0.3 is 0 Å². The molecular weight excluding hydrogens is 392 g/mol. The number of hydrogen-bond acceptors (Lipinski definition) is 5. The highest BCUT2D eigenvalue weighted by Crippen LogP contribution is 2.37. The van der Waals surface area contributed by atoms with Crippen molar-refractivity contribution in [3.8, 4) is 23.0 Å². The Labute approximate surface area is 181 Å². The molecule has 0 aliphatic rings. The average molecular weight is 416 g/mol. The maximum absolute atomic E-state index is 12.4. The molecule has 3 aromatic carbocycles. The van der Waals surface area contributed by atoms with Crippen LogP contribution in [-0.2, 0) is 0 Å². The number of ether oxygens (including phenoxy) is 3. The first kappa shape index (κ1) is 21.7. The van der Waals surface area contributed by atoms with Crippen LogP contribution >= 0.6 is 0 Å². The Hall–Kier alpha value is -3.99. The van der Waals surface area contributed by atoms with Gasteiger partial charge in [0.1, 0.15) is 5.75 Å². The predicted octanol–water partition coefficient (Wildman–Crippen LogP) is 5.48. The van der Waals surface area contributed by atoms with Crippen LogP contribution in [0, 0.1) is 0 Å². The summed E-state index contributed by atoms with van der Waals surface area (Å²) in [5.41, 5.74) is 3.28. The molecule has 158 valence electrons. The zero-order valence-corrected chi connectivity index (χ0v) is 17.7. The molecule has 1 N–H and O–H groups in total. The Kier molecular flexibility index (Phi) is 7.12. The molecule has 0 aliphatic heterocycles. The summed E-state index contributed by atoms with van der Waals surface area (Å²) in [7, 11) is 4.59. The van der Waals surface area contributed by atoms with Gasteiger partial charge in [-0.3, -0.25) is 4.79 Å². The summed E-state index contributed by atoms with van der Waals surface area (Å²) in [6, 6.07) is 18.3. The first-order valence-corrected chi connectivity index (χ1v) is 9.63. The molecule has 0 radical (unpaired) electrons. The van der Waals surface area contributed by atoms with Gasteiger partial charge in [-0.25, -0.2) is 0 Å². The van der Waals surface area contributed by atoms with Crippen molar-refractivity contribution in [3.63, 3.8) is 0 Å². The fourth-order valence-corrected chi connectivity index (χ4v) is 2.94. The summed E-state index contributed by atoms with van der Waals surface area (Å²) in [5.74, 6) is 1.34. The Bertz CT molecular complexity index is 1070. The highest BCUT2D eigenvalue weighted by atomic mass is 16.5. The van der Waals surface area contributed by atoms with Crippen LogP contribution in [0.5, 0.6) is 23.0 Å². The fourth-order valence-electron chi connectivity index (χ4n) is 2.94. The Balaban J connectivity index is 1.69. The third-order valence-corrected chi connectivity index (χ3v) is 4.71. The van der Waals surface area contributed by atoms with E-state index in [-0.39, 0.29) is 11.5 Å². The van der Waals surface area contributed by atoms with E-state index >= 15 is 0 Å². The van der Waals surface area contributed by atoms with Crippen molar-refractivity contribution in [2.75, 3.05) is 21.3 Å². The number of ketones is 1. The largest absolute Gasteiger partial charge is 0.502 e. The van der Waals surface area contributed by atoms with E-state index in [0.717, 1.165) is 22.4 Å². The Morgan fingerprint density at radius 1 is 0.710 bits per heavy atom. The van der Waals surface area contributed by atoms with Gasteiger partial charge in [-0.05, 0) is 47.0 Å². The number of carbonyl (C=O) groups excluding carboxylic acids is 1. The second kappa shape index (κ2) is 10.2. The lowest BCUT2D eigenvalue weighted by Crippen LogP contribution is -1.93. The van der Waals surface area contributed by atoms with Crippen molar-refractivity contribution in [3.05, 3.63) is 89.0 Å². The maximum Gasteiger partial charge on any atom is 0.200 e. The molecule has 0 saturated heterocycles. The van der Waals surface area contributed by atoms with E-state index in [1.807, 2.05) is 48.6 Å². The number of rotatable bonds is 8. The summed E-state index contributed by atoms with van der Waals surface area (Å²) in [6.07, 6.45) is 7.13. The van der Waals surface area contributed by atoms with E-state index in [0.29, 0.717) is 17.1 Å². The number of benzene rings is 3. The maximum atomic E-state index is 12.4. The summed E-state index contributed by atoms with van der Waals surface area (Å²) in [6.45, 7) is 0. The topological polar surface area (TPSA) is 65.0 Å². The average Bonchev–Trinajstić information content (AvgIpc) is 2.82. The lowest BCUT2D eigenvalue weighted by molar-refractivity contribution is 0.104. The van der Waals surface area contributed by atoms with E-state index in [2.05, 4.69) is 0 Å². The third kappa shape index (κ3) is 5.54. The molecule has 3 aromatic rings. The quantitative estimate of drug-likeness (QED) is 0.299. The second-order valence-electron chi connectivity index (χ2n) is 6.70. The summed E-state index contributed by atoms with van der Waals surface area (Å²) >= 11 is 0. The first-order chi connectivity index (χ1) is 15.0. The van der Waals surface area contributed by atoms with Gasteiger partial charge in [-0.1, -0.05) is 54.6 Å². The zero-order valence-electron chi connectivity index (χ0n) is 17.7. The first-order valence-electron chi connectivity index (χ1n) is 9.63. The van der Waals surface area contributed by atoms with Crippen LogP contribution in [0.15, 0.2) is 66.7 Å². The van der Waals surface area contributed by atoms with Gasteiger partial charge in [0.05, 0.1) is 21.3 Å². The molecule has 0 fully saturated rings. The minimum Gasteiger partial charge on any atom is -0.502 e. The number of hydrogen-bond donors (Lipinski definition) is 1. The van der Waals surface area contributed by atoms with Crippen LogP contribution in [0.25, 0.3) is 18.2 Å². The van der Waals surface area contributed by atoms with Gasteiger partial charge < -0.3 is 19.3 Å². The number of allylic oxidation sites excluding steroid dienone is 1.